The number of rotatable bonds is 0. The minimum Gasteiger partial charge on any atom is -0.332 e. The highest BCUT2D eigenvalue weighted by molar-refractivity contribution is 5.78. The third-order valence-electron chi connectivity index (χ3n) is 3.08. The van der Waals surface area contributed by atoms with Crippen molar-refractivity contribution >= 4 is 10.9 Å². The van der Waals surface area contributed by atoms with Gasteiger partial charge in [0.15, 0.2) is 5.52 Å². The maximum atomic E-state index is 11.8. The van der Waals surface area contributed by atoms with Gasteiger partial charge in [0, 0.05) is 16.9 Å². The molecule has 4 heteroatoms. The summed E-state index contributed by atoms with van der Waals surface area (Å²) < 4.78 is 3.52. The van der Waals surface area contributed by atoms with E-state index in [0.717, 1.165) is 23.9 Å². The number of hydrogen-bond donors (Lipinski definition) is 0. The van der Waals surface area contributed by atoms with E-state index in [2.05, 4.69) is 15.9 Å². The van der Waals surface area contributed by atoms with E-state index in [1.165, 1.54) is 23.2 Å². The zero-order valence-corrected chi connectivity index (χ0v) is 8.66. The maximum Gasteiger partial charge on any atom is 0.377 e. The second kappa shape index (κ2) is 2.86. The largest absolute Gasteiger partial charge is 0.377 e. The fourth-order valence-corrected chi connectivity index (χ4v) is 2.27. The maximum absolute atomic E-state index is 11.8. The Balaban J connectivity index is 2.41. The summed E-state index contributed by atoms with van der Waals surface area (Å²) in [7, 11) is 1.66. The lowest BCUT2D eigenvalue weighted by Crippen LogP contribution is -2.27. The van der Waals surface area contributed by atoms with Gasteiger partial charge in [0.25, 0.3) is 0 Å². The van der Waals surface area contributed by atoms with Gasteiger partial charge in [-0.2, -0.15) is 0 Å². The van der Waals surface area contributed by atoms with Crippen LogP contribution in [0.25, 0.3) is 10.9 Å². The van der Waals surface area contributed by atoms with Crippen LogP contribution in [0.5, 0.6) is 0 Å². The quantitative estimate of drug-likeness (QED) is 0.607. The monoisotopic (exact) mass is 202 g/mol. The summed E-state index contributed by atoms with van der Waals surface area (Å²) in [4.78, 5) is 11.8. The Bertz CT molecular complexity index is 579. The Morgan fingerprint density at radius 3 is 3.20 bits per heavy atom. The standard InChI is InChI=1S/C11H12N3O/c1-13-11(15)9-6-8-4-2-3-5-14(8)10(9)7-12-13/h6H,2-5H2,1H3/q+1. The molecular weight excluding hydrogens is 190 g/mol. The Hall–Kier alpha value is -1.76. The molecule has 2 aromatic rings. The molecular formula is C11H12N3O+. The van der Waals surface area contributed by atoms with Crippen LogP contribution in [-0.4, -0.2) is 9.25 Å². The van der Waals surface area contributed by atoms with Gasteiger partial charge in [0.05, 0.1) is 17.5 Å². The smallest absolute Gasteiger partial charge is 0.332 e. The number of hydrogen-bond acceptors (Lipinski definition) is 1. The molecule has 0 N–H and O–H groups in total. The highest BCUT2D eigenvalue weighted by Gasteiger charge is 2.18. The summed E-state index contributed by atoms with van der Waals surface area (Å²) in [5.41, 5.74) is 2.09. The number of fused-ring (bicyclic) bond motifs is 3. The molecule has 0 aliphatic carbocycles. The van der Waals surface area contributed by atoms with Crippen LogP contribution >= 0.6 is 0 Å². The van der Waals surface area contributed by atoms with Crippen molar-refractivity contribution in [1.29, 1.82) is 0 Å². The van der Waals surface area contributed by atoms with Crippen molar-refractivity contribution < 1.29 is 5.10 Å². The molecule has 2 aromatic heterocycles. The predicted octanol–water partition coefficient (Wildman–Crippen LogP) is 0.0764. The van der Waals surface area contributed by atoms with Crippen LogP contribution in [-0.2, 0) is 20.0 Å². The molecule has 0 fully saturated rings. The van der Waals surface area contributed by atoms with Gasteiger partial charge in [0.1, 0.15) is 0 Å². The summed E-state index contributed by atoms with van der Waals surface area (Å²) in [6.45, 7) is 0.990. The minimum atomic E-state index is -0.0225. The van der Waals surface area contributed by atoms with Crippen molar-refractivity contribution in [2.24, 2.45) is 7.05 Å². The van der Waals surface area contributed by atoms with E-state index >= 15 is 0 Å². The molecule has 0 saturated carbocycles. The molecule has 0 aromatic carbocycles. The van der Waals surface area contributed by atoms with Crippen LogP contribution in [0.1, 0.15) is 18.5 Å². The Labute approximate surface area is 87.1 Å². The van der Waals surface area contributed by atoms with Crippen molar-refractivity contribution in [1.82, 2.24) is 9.25 Å². The van der Waals surface area contributed by atoms with Gasteiger partial charge in [-0.15, -0.1) is 0 Å². The van der Waals surface area contributed by atoms with Gasteiger partial charge in [-0.25, -0.2) is 0 Å². The Morgan fingerprint density at radius 1 is 1.47 bits per heavy atom. The van der Waals surface area contributed by atoms with Crippen LogP contribution in [0.4, 0.5) is 0 Å². The van der Waals surface area contributed by atoms with E-state index in [1.54, 1.807) is 7.05 Å². The lowest BCUT2D eigenvalue weighted by atomic mass is 10.1. The van der Waals surface area contributed by atoms with Gasteiger partial charge in [-0.05, 0) is 25.3 Å². The molecule has 0 unspecified atom stereocenters. The second-order valence-electron chi connectivity index (χ2n) is 4.05. The van der Waals surface area contributed by atoms with E-state index in [-0.39, 0.29) is 5.56 Å². The molecule has 3 rings (SSSR count). The van der Waals surface area contributed by atoms with Gasteiger partial charge < -0.3 is 4.57 Å². The molecule has 4 nitrogen and oxygen atoms in total. The van der Waals surface area contributed by atoms with Crippen molar-refractivity contribution in [2.45, 2.75) is 25.8 Å². The highest BCUT2D eigenvalue weighted by atomic mass is 16.1. The van der Waals surface area contributed by atoms with E-state index in [1.807, 2.05) is 6.07 Å². The molecule has 76 valence electrons. The average molecular weight is 202 g/mol. The van der Waals surface area contributed by atoms with Crippen molar-refractivity contribution in [3.8, 4) is 0 Å². The SMILES string of the molecule is Cn1[n+]#cc2c(cc3n2CCCC3)c1=O. The molecule has 0 radical (unpaired) electrons. The number of aromatic nitrogens is 3. The molecule has 0 spiro atoms. The molecule has 0 bridgehead atoms. The first-order chi connectivity index (χ1) is 7.27. The van der Waals surface area contributed by atoms with Crippen LogP contribution in [0, 0.1) is 6.20 Å². The van der Waals surface area contributed by atoms with Crippen molar-refractivity contribution in [2.75, 3.05) is 0 Å². The van der Waals surface area contributed by atoms with Gasteiger partial charge >= 0.3 is 11.8 Å². The summed E-state index contributed by atoms with van der Waals surface area (Å²) >= 11 is 0. The fourth-order valence-electron chi connectivity index (χ4n) is 2.27. The topological polar surface area (TPSA) is 41.0 Å². The summed E-state index contributed by atoms with van der Waals surface area (Å²) in [6, 6.07) is 2.00. The van der Waals surface area contributed by atoms with E-state index < -0.39 is 0 Å². The summed E-state index contributed by atoms with van der Waals surface area (Å²) in [5, 5.41) is 4.70. The van der Waals surface area contributed by atoms with E-state index in [9.17, 15) is 4.79 Å². The third-order valence-corrected chi connectivity index (χ3v) is 3.08. The molecule has 1 aliphatic heterocycles. The number of nitrogens with zero attached hydrogens (tertiary/aromatic N) is 3. The lowest BCUT2D eigenvalue weighted by Gasteiger charge is -2.13. The van der Waals surface area contributed by atoms with Gasteiger partial charge in [-0.1, -0.05) is 0 Å². The zero-order chi connectivity index (χ0) is 10.4. The number of aryl methyl sites for hydroxylation is 2. The second-order valence-corrected chi connectivity index (χ2v) is 4.05. The normalized spacial score (nSPS) is 15.0. The highest BCUT2D eigenvalue weighted by Crippen LogP contribution is 2.21. The van der Waals surface area contributed by atoms with Gasteiger partial charge in [0.2, 0.25) is 0 Å². The first-order valence-electron chi connectivity index (χ1n) is 5.24. The average Bonchev–Trinajstić information content (AvgIpc) is 2.63. The fraction of sp³-hybridized carbons (Fsp3) is 0.455. The minimum absolute atomic E-state index is 0.0225. The van der Waals surface area contributed by atoms with Crippen LogP contribution in [0.15, 0.2) is 10.9 Å². The Morgan fingerprint density at radius 2 is 2.33 bits per heavy atom. The first kappa shape index (κ1) is 8.54. The van der Waals surface area contributed by atoms with Crippen molar-refractivity contribution in [3.05, 3.63) is 28.3 Å². The summed E-state index contributed by atoms with van der Waals surface area (Å²) in [5.74, 6) is 0. The zero-order valence-electron chi connectivity index (χ0n) is 8.66. The lowest BCUT2D eigenvalue weighted by molar-refractivity contribution is -0.419. The van der Waals surface area contributed by atoms with Crippen molar-refractivity contribution in [3.63, 3.8) is 0 Å². The molecule has 1 aliphatic rings. The molecule has 0 amide bonds. The molecule has 15 heavy (non-hydrogen) atoms. The molecule has 0 saturated heterocycles. The third kappa shape index (κ3) is 1.09. The van der Waals surface area contributed by atoms with Crippen LogP contribution < -0.4 is 10.7 Å². The van der Waals surface area contributed by atoms with E-state index in [0.29, 0.717) is 0 Å². The van der Waals surface area contributed by atoms with Gasteiger partial charge in [-0.3, -0.25) is 4.79 Å². The Kier molecular flexibility index (Phi) is 1.63. The first-order valence-corrected chi connectivity index (χ1v) is 5.24. The van der Waals surface area contributed by atoms with Crippen LogP contribution in [0.2, 0.25) is 0 Å². The molecule has 0 atom stereocenters. The van der Waals surface area contributed by atoms with E-state index in [4.69, 9.17) is 0 Å². The van der Waals surface area contributed by atoms with Crippen LogP contribution in [0.3, 0.4) is 0 Å². The molecule has 3 heterocycles. The predicted molar refractivity (Wildman–Crippen MR) is 54.5 cm³/mol. The summed E-state index contributed by atoms with van der Waals surface area (Å²) in [6.07, 6.45) is 6.40.